The maximum Gasteiger partial charge on any atom is 0.326 e. The number of likely N-dealkylation sites (N-methyl/N-ethyl adjacent to an activating group) is 1. The fourth-order valence-corrected chi connectivity index (χ4v) is 2.66. The lowest BCUT2D eigenvalue weighted by atomic mass is 10.0. The molecule has 3 amide bonds. The highest BCUT2D eigenvalue weighted by Gasteiger charge is 2.30. The van der Waals surface area contributed by atoms with E-state index in [0.29, 0.717) is 25.8 Å². The number of aliphatic imine (C=N–C) groups is 1. The Balaban J connectivity index is 4.73. The van der Waals surface area contributed by atoms with E-state index in [9.17, 15) is 29.1 Å². The first-order valence-corrected chi connectivity index (χ1v) is 10.2. The average Bonchev–Trinajstić information content (AvgIpc) is 2.66. The number of guanidine groups is 1. The van der Waals surface area contributed by atoms with Crippen molar-refractivity contribution in [3.05, 3.63) is 0 Å². The van der Waals surface area contributed by atoms with Crippen LogP contribution in [0.2, 0.25) is 0 Å². The first kappa shape index (κ1) is 28.6. The lowest BCUT2D eigenvalue weighted by Crippen LogP contribution is -2.54. The van der Waals surface area contributed by atoms with Crippen molar-refractivity contribution in [3.63, 3.8) is 0 Å². The van der Waals surface area contributed by atoms with Crippen LogP contribution in [0.1, 0.15) is 46.0 Å². The summed E-state index contributed by atoms with van der Waals surface area (Å²) in [5, 5.41) is 22.7. The van der Waals surface area contributed by atoms with E-state index in [1.807, 2.05) is 0 Å². The van der Waals surface area contributed by atoms with Gasteiger partial charge in [-0.25, -0.2) is 4.79 Å². The molecule has 0 saturated carbocycles. The van der Waals surface area contributed by atoms with Gasteiger partial charge >= 0.3 is 11.9 Å². The van der Waals surface area contributed by atoms with Gasteiger partial charge in [-0.3, -0.25) is 24.2 Å². The van der Waals surface area contributed by atoms with Gasteiger partial charge in [0.2, 0.25) is 17.7 Å². The Morgan fingerprint density at radius 3 is 2.12 bits per heavy atom. The van der Waals surface area contributed by atoms with Crippen molar-refractivity contribution in [2.24, 2.45) is 22.4 Å². The Labute approximate surface area is 186 Å². The molecular formula is C19H34N6O7. The molecule has 182 valence electrons. The molecule has 0 aliphatic rings. The minimum atomic E-state index is -1.49. The fourth-order valence-electron chi connectivity index (χ4n) is 2.66. The van der Waals surface area contributed by atoms with Crippen LogP contribution < -0.4 is 22.1 Å². The number of carboxylic acids is 2. The standard InChI is InChI=1S/C19H34N6O7/c1-11(2)16(18(31)32)24-17(30)12(9-15(28)29)23-13(26)10-25(3)14(27)7-5-4-6-8-22-19(20)21/h11-12,16H,4-10H2,1-3H3,(H,23,26)(H,24,30)(H,28,29)(H,31,32)(H4,20,21,22)/t12-,16-/m0/s1. The molecule has 0 bridgehead atoms. The summed E-state index contributed by atoms with van der Waals surface area (Å²) < 4.78 is 0. The predicted molar refractivity (Wildman–Crippen MR) is 115 cm³/mol. The minimum absolute atomic E-state index is 0.00407. The number of rotatable bonds is 15. The first-order chi connectivity index (χ1) is 14.8. The molecule has 0 spiro atoms. The topological polar surface area (TPSA) is 218 Å². The third-order valence-corrected chi connectivity index (χ3v) is 4.41. The van der Waals surface area contributed by atoms with Gasteiger partial charge in [-0.1, -0.05) is 20.3 Å². The minimum Gasteiger partial charge on any atom is -0.481 e. The Bertz CT molecular complexity index is 706. The van der Waals surface area contributed by atoms with Gasteiger partial charge in [0.1, 0.15) is 12.1 Å². The number of nitrogens with two attached hydrogens (primary N) is 2. The number of nitrogens with one attached hydrogen (secondary N) is 2. The molecule has 0 rings (SSSR count). The maximum atomic E-state index is 12.4. The molecule has 13 nitrogen and oxygen atoms in total. The van der Waals surface area contributed by atoms with Crippen molar-refractivity contribution in [2.75, 3.05) is 20.1 Å². The van der Waals surface area contributed by atoms with Crippen LogP contribution in [-0.2, 0) is 24.0 Å². The zero-order chi connectivity index (χ0) is 24.8. The Kier molecular flexibility index (Phi) is 13.1. The predicted octanol–water partition coefficient (Wildman–Crippen LogP) is -1.54. The van der Waals surface area contributed by atoms with Crippen molar-refractivity contribution in [3.8, 4) is 0 Å². The summed E-state index contributed by atoms with van der Waals surface area (Å²) >= 11 is 0. The molecule has 13 heteroatoms. The molecule has 0 saturated heterocycles. The third-order valence-electron chi connectivity index (χ3n) is 4.41. The molecule has 0 aliphatic carbocycles. The number of aliphatic carboxylic acids is 2. The van der Waals surface area contributed by atoms with Gasteiger partial charge < -0.3 is 37.2 Å². The van der Waals surface area contributed by atoms with Crippen LogP contribution in [-0.4, -0.2) is 83.0 Å². The third kappa shape index (κ3) is 12.3. The van der Waals surface area contributed by atoms with E-state index < -0.39 is 48.2 Å². The summed E-state index contributed by atoms with van der Waals surface area (Å²) in [5.74, 6) is -5.07. The Hall–Kier alpha value is -3.38. The van der Waals surface area contributed by atoms with E-state index in [1.54, 1.807) is 13.8 Å². The SMILES string of the molecule is CC(C)[C@H](NC(=O)[C@H](CC(=O)O)NC(=O)CN(C)C(=O)CCCCCN=C(N)N)C(=O)O. The van der Waals surface area contributed by atoms with Crippen LogP contribution in [0.4, 0.5) is 0 Å². The number of hydrogen-bond acceptors (Lipinski definition) is 6. The van der Waals surface area contributed by atoms with Crippen LogP contribution in [0, 0.1) is 5.92 Å². The zero-order valence-electron chi connectivity index (χ0n) is 18.7. The van der Waals surface area contributed by atoms with E-state index in [0.717, 1.165) is 4.90 Å². The Morgan fingerprint density at radius 2 is 1.62 bits per heavy atom. The summed E-state index contributed by atoms with van der Waals surface area (Å²) in [6.07, 6.45) is 1.44. The van der Waals surface area contributed by atoms with E-state index in [1.165, 1.54) is 7.05 Å². The van der Waals surface area contributed by atoms with Crippen molar-refractivity contribution >= 4 is 35.6 Å². The molecular weight excluding hydrogens is 424 g/mol. The summed E-state index contributed by atoms with van der Waals surface area (Å²) in [5.41, 5.74) is 10.4. The Morgan fingerprint density at radius 1 is 1.00 bits per heavy atom. The fraction of sp³-hybridized carbons (Fsp3) is 0.684. The number of unbranched alkanes of at least 4 members (excludes halogenated alkanes) is 2. The van der Waals surface area contributed by atoms with Gasteiger partial charge in [-0.15, -0.1) is 0 Å². The van der Waals surface area contributed by atoms with Crippen LogP contribution in [0.3, 0.4) is 0 Å². The molecule has 32 heavy (non-hydrogen) atoms. The van der Waals surface area contributed by atoms with E-state index in [-0.39, 0.29) is 24.8 Å². The quantitative estimate of drug-likeness (QED) is 0.0950. The summed E-state index contributed by atoms with van der Waals surface area (Å²) in [6.45, 7) is 3.22. The molecule has 0 aromatic carbocycles. The lowest BCUT2D eigenvalue weighted by molar-refractivity contribution is -0.144. The number of hydrogen-bond donors (Lipinski definition) is 6. The second kappa shape index (κ2) is 14.6. The van der Waals surface area contributed by atoms with Crippen LogP contribution in [0.25, 0.3) is 0 Å². The summed E-state index contributed by atoms with van der Waals surface area (Å²) in [4.78, 5) is 64.1. The summed E-state index contributed by atoms with van der Waals surface area (Å²) in [6, 6.07) is -2.73. The van der Waals surface area contributed by atoms with E-state index in [2.05, 4.69) is 15.6 Å². The molecule has 0 aliphatic heterocycles. The van der Waals surface area contributed by atoms with Gasteiger partial charge in [0.15, 0.2) is 5.96 Å². The van der Waals surface area contributed by atoms with Gasteiger partial charge in [0, 0.05) is 20.0 Å². The van der Waals surface area contributed by atoms with Gasteiger partial charge in [-0.05, 0) is 18.8 Å². The number of carbonyl (C=O) groups excluding carboxylic acids is 3. The van der Waals surface area contributed by atoms with Crippen molar-refractivity contribution in [1.29, 1.82) is 0 Å². The summed E-state index contributed by atoms with van der Waals surface area (Å²) in [7, 11) is 1.41. The monoisotopic (exact) mass is 458 g/mol. The second-order valence-corrected chi connectivity index (χ2v) is 7.65. The lowest BCUT2D eigenvalue weighted by Gasteiger charge is -2.23. The molecule has 8 N–H and O–H groups in total. The van der Waals surface area contributed by atoms with E-state index >= 15 is 0 Å². The van der Waals surface area contributed by atoms with Crippen molar-refractivity contribution in [1.82, 2.24) is 15.5 Å². The molecule has 0 heterocycles. The smallest absolute Gasteiger partial charge is 0.326 e. The normalized spacial score (nSPS) is 12.4. The average molecular weight is 459 g/mol. The highest BCUT2D eigenvalue weighted by atomic mass is 16.4. The molecule has 2 atom stereocenters. The zero-order valence-corrected chi connectivity index (χ0v) is 18.7. The highest BCUT2D eigenvalue weighted by Crippen LogP contribution is 2.05. The van der Waals surface area contributed by atoms with Crippen LogP contribution >= 0.6 is 0 Å². The number of nitrogens with zero attached hydrogens (tertiary/aromatic N) is 2. The number of carbonyl (C=O) groups is 5. The molecule has 0 radical (unpaired) electrons. The van der Waals surface area contributed by atoms with Crippen LogP contribution in [0.5, 0.6) is 0 Å². The largest absolute Gasteiger partial charge is 0.481 e. The number of carboxylic acid groups (broad SMARTS) is 2. The molecule has 0 fully saturated rings. The molecule has 0 unspecified atom stereocenters. The van der Waals surface area contributed by atoms with Gasteiger partial charge in [0.05, 0.1) is 13.0 Å². The highest BCUT2D eigenvalue weighted by molar-refractivity contribution is 5.94. The second-order valence-electron chi connectivity index (χ2n) is 7.65. The van der Waals surface area contributed by atoms with Crippen LogP contribution in [0.15, 0.2) is 4.99 Å². The first-order valence-electron chi connectivity index (χ1n) is 10.2. The van der Waals surface area contributed by atoms with E-state index in [4.69, 9.17) is 16.6 Å². The van der Waals surface area contributed by atoms with Gasteiger partial charge in [0.25, 0.3) is 0 Å². The molecule has 0 aromatic rings. The molecule has 0 aromatic heterocycles. The van der Waals surface area contributed by atoms with Gasteiger partial charge in [-0.2, -0.15) is 0 Å². The van der Waals surface area contributed by atoms with Crippen molar-refractivity contribution in [2.45, 2.75) is 58.0 Å². The number of amides is 3. The maximum absolute atomic E-state index is 12.4. The van der Waals surface area contributed by atoms with Crippen molar-refractivity contribution < 1.29 is 34.2 Å².